The van der Waals surface area contributed by atoms with E-state index < -0.39 is 23.6 Å². The summed E-state index contributed by atoms with van der Waals surface area (Å²) in [5.41, 5.74) is -0.401. The summed E-state index contributed by atoms with van der Waals surface area (Å²) in [5, 5.41) is 9.20. The molecule has 0 radical (unpaired) electrons. The highest BCUT2D eigenvalue weighted by Gasteiger charge is 2.62. The Labute approximate surface area is 138 Å². The lowest BCUT2D eigenvalue weighted by Crippen LogP contribution is -2.52. The van der Waals surface area contributed by atoms with Gasteiger partial charge in [0.05, 0.1) is 16.3 Å². The number of nitrogens with zero attached hydrogens (tertiary/aromatic N) is 3. The zero-order chi connectivity index (χ0) is 16.9. The van der Waals surface area contributed by atoms with Gasteiger partial charge >= 0.3 is 6.03 Å². The van der Waals surface area contributed by atoms with Crippen molar-refractivity contribution >= 4 is 29.2 Å². The molecule has 2 fully saturated rings. The molecule has 1 aromatic rings. The Balaban J connectivity index is 2.12. The monoisotopic (exact) mass is 335 g/mol. The number of benzene rings is 1. The van der Waals surface area contributed by atoms with Crippen molar-refractivity contribution in [2.45, 2.75) is 37.9 Å². The number of nitriles is 1. The summed E-state index contributed by atoms with van der Waals surface area (Å²) in [6.45, 7) is 1.63. The SMILES string of the molecule is Cc1c(N2C(=O)N(C)[C@@]3(CCC[C@H]3F)C2=O)ccc(C#N)c1Cl. The first-order chi connectivity index (χ1) is 10.9. The zero-order valence-corrected chi connectivity index (χ0v) is 13.5. The molecule has 5 nitrogen and oxygen atoms in total. The standard InChI is InChI=1S/C16H15ClFN3O2/c1-9-11(6-5-10(8-19)13(9)17)21-14(22)16(20(2)15(21)23)7-3-4-12(16)18/h5-6,12H,3-4,7H2,1-2H3/t12-,16-/m1/s1. The summed E-state index contributed by atoms with van der Waals surface area (Å²) in [6.07, 6.45) is -0.229. The molecule has 1 saturated heterocycles. The molecule has 1 spiro atoms. The molecule has 23 heavy (non-hydrogen) atoms. The number of anilines is 1. The van der Waals surface area contributed by atoms with Crippen molar-refractivity contribution in [3.63, 3.8) is 0 Å². The van der Waals surface area contributed by atoms with E-state index in [2.05, 4.69) is 0 Å². The van der Waals surface area contributed by atoms with Crippen LogP contribution in [0, 0.1) is 18.3 Å². The van der Waals surface area contributed by atoms with Gasteiger partial charge in [-0.1, -0.05) is 11.6 Å². The molecule has 1 aromatic carbocycles. The molecule has 1 heterocycles. The number of imide groups is 1. The second kappa shape index (κ2) is 5.20. The number of halogens is 2. The maximum atomic E-state index is 14.4. The molecule has 3 amide bonds. The third-order valence-corrected chi connectivity index (χ3v) is 5.39. The van der Waals surface area contributed by atoms with Crippen molar-refractivity contribution in [2.75, 3.05) is 11.9 Å². The average Bonchev–Trinajstić information content (AvgIpc) is 3.00. The van der Waals surface area contributed by atoms with Crippen LogP contribution in [0.15, 0.2) is 12.1 Å². The van der Waals surface area contributed by atoms with Gasteiger partial charge in [-0.2, -0.15) is 5.26 Å². The Morgan fingerprint density at radius 3 is 2.70 bits per heavy atom. The summed E-state index contributed by atoms with van der Waals surface area (Å²) in [5.74, 6) is -0.557. The maximum absolute atomic E-state index is 14.4. The minimum absolute atomic E-state index is 0.192. The van der Waals surface area contributed by atoms with E-state index in [4.69, 9.17) is 16.9 Å². The molecular formula is C16H15ClFN3O2. The first-order valence-corrected chi connectivity index (χ1v) is 7.69. The Morgan fingerprint density at radius 2 is 2.13 bits per heavy atom. The van der Waals surface area contributed by atoms with Crippen LogP contribution in [0.5, 0.6) is 0 Å². The summed E-state index contributed by atoms with van der Waals surface area (Å²) >= 11 is 6.13. The number of amides is 3. The van der Waals surface area contributed by atoms with E-state index in [-0.39, 0.29) is 17.0 Å². The van der Waals surface area contributed by atoms with E-state index in [9.17, 15) is 14.0 Å². The fourth-order valence-electron chi connectivity index (χ4n) is 3.53. The molecule has 7 heteroatoms. The van der Waals surface area contributed by atoms with Gasteiger partial charge in [0.15, 0.2) is 5.54 Å². The number of alkyl halides is 1. The highest BCUT2D eigenvalue weighted by molar-refractivity contribution is 6.33. The van der Waals surface area contributed by atoms with Gasteiger partial charge < -0.3 is 4.90 Å². The number of hydrogen-bond acceptors (Lipinski definition) is 3. The number of likely N-dealkylation sites (N-methyl/N-ethyl adjacent to an activating group) is 1. The summed E-state index contributed by atoms with van der Waals surface area (Å²) < 4.78 is 14.4. The average molecular weight is 336 g/mol. The smallest absolute Gasteiger partial charge is 0.309 e. The third-order valence-electron chi connectivity index (χ3n) is 4.90. The topological polar surface area (TPSA) is 64.4 Å². The lowest BCUT2D eigenvalue weighted by molar-refractivity contribution is -0.126. The van der Waals surface area contributed by atoms with Gasteiger partial charge in [0.2, 0.25) is 0 Å². The molecule has 0 bridgehead atoms. The van der Waals surface area contributed by atoms with Crippen LogP contribution in [0.3, 0.4) is 0 Å². The molecular weight excluding hydrogens is 321 g/mol. The first kappa shape index (κ1) is 15.8. The van der Waals surface area contributed by atoms with E-state index >= 15 is 0 Å². The van der Waals surface area contributed by atoms with E-state index in [0.717, 1.165) is 4.90 Å². The van der Waals surface area contributed by atoms with Crippen LogP contribution in [0.1, 0.15) is 30.4 Å². The van der Waals surface area contributed by atoms with Crippen molar-refractivity contribution in [3.05, 3.63) is 28.3 Å². The molecule has 0 unspecified atom stereocenters. The van der Waals surface area contributed by atoms with Gasteiger partial charge in [-0.05, 0) is 43.9 Å². The normalized spacial score (nSPS) is 27.2. The summed E-state index contributed by atoms with van der Waals surface area (Å²) in [4.78, 5) is 27.7. The predicted octanol–water partition coefficient (Wildman–Crippen LogP) is 3.18. The number of urea groups is 1. The number of hydrogen-bond donors (Lipinski definition) is 0. The number of rotatable bonds is 1. The van der Waals surface area contributed by atoms with Crippen LogP contribution >= 0.6 is 11.6 Å². The molecule has 2 aliphatic rings. The third kappa shape index (κ3) is 1.89. The molecule has 120 valence electrons. The molecule has 1 aliphatic heterocycles. The minimum Gasteiger partial charge on any atom is -0.309 e. The van der Waals surface area contributed by atoms with Gasteiger partial charge in [-0.3, -0.25) is 4.79 Å². The Hall–Kier alpha value is -2.13. The van der Waals surface area contributed by atoms with Crippen molar-refractivity contribution in [1.29, 1.82) is 5.26 Å². The van der Waals surface area contributed by atoms with Crippen molar-refractivity contribution in [3.8, 4) is 6.07 Å². The fourth-order valence-corrected chi connectivity index (χ4v) is 3.73. The Morgan fingerprint density at radius 1 is 1.43 bits per heavy atom. The summed E-state index contributed by atoms with van der Waals surface area (Å²) in [7, 11) is 1.46. The molecule has 1 saturated carbocycles. The molecule has 0 N–H and O–H groups in total. The lowest BCUT2D eigenvalue weighted by Gasteiger charge is -2.29. The second-order valence-electron chi connectivity index (χ2n) is 5.95. The number of carbonyl (C=O) groups is 2. The van der Waals surface area contributed by atoms with Crippen LogP contribution in [0.25, 0.3) is 0 Å². The fraction of sp³-hybridized carbons (Fsp3) is 0.438. The van der Waals surface area contributed by atoms with Crippen molar-refractivity contribution < 1.29 is 14.0 Å². The van der Waals surface area contributed by atoms with E-state index in [0.29, 0.717) is 24.1 Å². The maximum Gasteiger partial charge on any atom is 0.332 e. The second-order valence-corrected chi connectivity index (χ2v) is 6.33. The zero-order valence-electron chi connectivity index (χ0n) is 12.8. The van der Waals surface area contributed by atoms with Crippen LogP contribution in [-0.4, -0.2) is 35.6 Å². The highest BCUT2D eigenvalue weighted by atomic mass is 35.5. The van der Waals surface area contributed by atoms with Gasteiger partial charge in [0.25, 0.3) is 5.91 Å². The Kier molecular flexibility index (Phi) is 3.56. The van der Waals surface area contributed by atoms with Crippen molar-refractivity contribution in [2.24, 2.45) is 0 Å². The number of carbonyl (C=O) groups excluding carboxylic acids is 2. The predicted molar refractivity (Wildman–Crippen MR) is 83.0 cm³/mol. The van der Waals surface area contributed by atoms with Crippen LogP contribution in [0.4, 0.5) is 14.9 Å². The quantitative estimate of drug-likeness (QED) is 0.740. The van der Waals surface area contributed by atoms with Crippen molar-refractivity contribution in [1.82, 2.24) is 4.90 Å². The van der Waals surface area contributed by atoms with Gasteiger partial charge in [0.1, 0.15) is 12.2 Å². The first-order valence-electron chi connectivity index (χ1n) is 7.32. The van der Waals surface area contributed by atoms with Gasteiger partial charge in [-0.15, -0.1) is 0 Å². The molecule has 1 aliphatic carbocycles. The van der Waals surface area contributed by atoms with Gasteiger partial charge in [-0.25, -0.2) is 14.1 Å². The summed E-state index contributed by atoms with van der Waals surface area (Å²) in [6, 6.07) is 4.34. The molecule has 0 aromatic heterocycles. The van der Waals surface area contributed by atoms with E-state index in [1.807, 2.05) is 6.07 Å². The van der Waals surface area contributed by atoms with Crippen LogP contribution in [0.2, 0.25) is 5.02 Å². The largest absolute Gasteiger partial charge is 0.332 e. The van der Waals surface area contributed by atoms with E-state index in [1.165, 1.54) is 24.1 Å². The molecule has 3 rings (SSSR count). The van der Waals surface area contributed by atoms with E-state index in [1.54, 1.807) is 6.92 Å². The minimum atomic E-state index is -1.41. The lowest BCUT2D eigenvalue weighted by atomic mass is 9.94. The highest BCUT2D eigenvalue weighted by Crippen LogP contribution is 2.45. The van der Waals surface area contributed by atoms with Crippen LogP contribution < -0.4 is 4.90 Å². The van der Waals surface area contributed by atoms with Crippen LogP contribution in [-0.2, 0) is 4.79 Å². The Bertz CT molecular complexity index is 760. The van der Waals surface area contributed by atoms with Gasteiger partial charge in [0, 0.05) is 7.05 Å². The molecule has 2 atom stereocenters.